The standard InChI is InChI=1S/C21H26N2O2S/c1-15(24)22-21-19(17-9-5-6-10-18(17)26-21)20(16-7-3-2-4-8-16)23-11-13-25-14-12-23/h2-4,7-8,20H,5-6,9-14H2,1H3,(H,22,24)/t20-/m0/s1. The van der Waals surface area contributed by atoms with Crippen LogP contribution in [0.3, 0.4) is 0 Å². The first-order chi connectivity index (χ1) is 12.7. The molecule has 4 rings (SSSR count). The summed E-state index contributed by atoms with van der Waals surface area (Å²) in [4.78, 5) is 15.9. The molecule has 4 nitrogen and oxygen atoms in total. The average Bonchev–Trinajstić information content (AvgIpc) is 3.01. The molecule has 2 heterocycles. The second kappa shape index (κ2) is 7.91. The van der Waals surface area contributed by atoms with Crippen LogP contribution < -0.4 is 5.32 Å². The summed E-state index contributed by atoms with van der Waals surface area (Å²) in [6.07, 6.45) is 4.74. The molecule has 1 aliphatic heterocycles. The number of morpholine rings is 1. The SMILES string of the molecule is CC(=O)Nc1sc2c(c1[C@H](c1ccccc1)N1CCOCC1)CCCC2. The number of rotatable bonds is 4. The lowest BCUT2D eigenvalue weighted by Gasteiger charge is -2.36. The van der Waals surface area contributed by atoms with Crippen molar-refractivity contribution in [1.29, 1.82) is 0 Å². The fraction of sp³-hybridized carbons (Fsp3) is 0.476. The molecule has 1 aromatic carbocycles. The number of nitrogens with one attached hydrogen (secondary N) is 1. The van der Waals surface area contributed by atoms with Crippen molar-refractivity contribution in [3.63, 3.8) is 0 Å². The highest BCUT2D eigenvalue weighted by Gasteiger charge is 2.32. The monoisotopic (exact) mass is 370 g/mol. The molecule has 26 heavy (non-hydrogen) atoms. The van der Waals surface area contributed by atoms with Crippen LogP contribution in [0.5, 0.6) is 0 Å². The van der Waals surface area contributed by atoms with Crippen LogP contribution in [0.15, 0.2) is 30.3 Å². The van der Waals surface area contributed by atoms with Crippen molar-refractivity contribution in [2.75, 3.05) is 31.6 Å². The van der Waals surface area contributed by atoms with Crippen LogP contribution in [-0.4, -0.2) is 37.1 Å². The van der Waals surface area contributed by atoms with Crippen molar-refractivity contribution in [3.05, 3.63) is 51.9 Å². The molecule has 1 amide bonds. The van der Waals surface area contributed by atoms with Gasteiger partial charge in [0, 0.05) is 30.5 Å². The van der Waals surface area contributed by atoms with Crippen molar-refractivity contribution in [2.45, 2.75) is 38.6 Å². The van der Waals surface area contributed by atoms with Crippen molar-refractivity contribution in [2.24, 2.45) is 0 Å². The van der Waals surface area contributed by atoms with Crippen molar-refractivity contribution in [3.8, 4) is 0 Å². The third-order valence-corrected chi connectivity index (χ3v) is 6.52. The number of hydrogen-bond donors (Lipinski definition) is 1. The number of aryl methyl sites for hydroxylation is 1. The number of amides is 1. The highest BCUT2D eigenvalue weighted by Crippen LogP contribution is 2.45. The molecule has 1 aliphatic carbocycles. The van der Waals surface area contributed by atoms with Gasteiger partial charge in [-0.1, -0.05) is 30.3 Å². The summed E-state index contributed by atoms with van der Waals surface area (Å²) in [7, 11) is 0. The van der Waals surface area contributed by atoms with E-state index in [4.69, 9.17) is 4.74 Å². The first kappa shape index (κ1) is 17.7. The first-order valence-electron chi connectivity index (χ1n) is 9.53. The molecule has 1 atom stereocenters. The van der Waals surface area contributed by atoms with Gasteiger partial charge < -0.3 is 10.1 Å². The number of carbonyl (C=O) groups excluding carboxylic acids is 1. The highest BCUT2D eigenvalue weighted by atomic mass is 32.1. The molecule has 138 valence electrons. The quantitative estimate of drug-likeness (QED) is 0.884. The van der Waals surface area contributed by atoms with Crippen molar-refractivity contribution >= 4 is 22.2 Å². The minimum atomic E-state index is 0.0126. The highest BCUT2D eigenvalue weighted by molar-refractivity contribution is 7.16. The predicted molar refractivity (Wildman–Crippen MR) is 106 cm³/mol. The molecule has 1 N–H and O–H groups in total. The Hall–Kier alpha value is -1.69. The number of hydrogen-bond acceptors (Lipinski definition) is 4. The predicted octanol–water partition coefficient (Wildman–Crippen LogP) is 4.01. The normalized spacial score (nSPS) is 19.0. The fourth-order valence-electron chi connectivity index (χ4n) is 4.16. The van der Waals surface area contributed by atoms with E-state index in [0.29, 0.717) is 0 Å². The Morgan fingerprint density at radius 1 is 1.15 bits per heavy atom. The van der Waals surface area contributed by atoms with E-state index in [0.717, 1.165) is 44.1 Å². The summed E-state index contributed by atoms with van der Waals surface area (Å²) < 4.78 is 5.60. The van der Waals surface area contributed by atoms with Crippen LogP contribution >= 0.6 is 11.3 Å². The molecule has 2 aromatic rings. The molecule has 1 saturated heterocycles. The summed E-state index contributed by atoms with van der Waals surface area (Å²) in [5, 5.41) is 4.19. The zero-order valence-electron chi connectivity index (χ0n) is 15.3. The number of thiophene rings is 1. The van der Waals surface area contributed by atoms with Gasteiger partial charge in [-0.25, -0.2) is 0 Å². The number of carbonyl (C=O) groups is 1. The van der Waals surface area contributed by atoms with Crippen LogP contribution in [0.4, 0.5) is 5.00 Å². The van der Waals surface area contributed by atoms with Gasteiger partial charge in [0.1, 0.15) is 5.00 Å². The Bertz CT molecular complexity index is 766. The molecule has 1 aromatic heterocycles. The molecule has 5 heteroatoms. The fourth-order valence-corrected chi connectivity index (χ4v) is 5.53. The lowest BCUT2D eigenvalue weighted by Crippen LogP contribution is -2.40. The van der Waals surface area contributed by atoms with Gasteiger partial charge in [0.15, 0.2) is 0 Å². The average molecular weight is 371 g/mol. The van der Waals surface area contributed by atoms with E-state index in [1.807, 2.05) is 0 Å². The molecule has 0 spiro atoms. The summed E-state index contributed by atoms with van der Waals surface area (Å²) in [5.74, 6) is 0.0126. The van der Waals surface area contributed by atoms with Crippen LogP contribution in [0.25, 0.3) is 0 Å². The summed E-state index contributed by atoms with van der Waals surface area (Å²) in [6.45, 7) is 4.98. The van der Waals surface area contributed by atoms with Gasteiger partial charge in [-0.2, -0.15) is 0 Å². The topological polar surface area (TPSA) is 41.6 Å². The Morgan fingerprint density at radius 2 is 1.88 bits per heavy atom. The van der Waals surface area contributed by atoms with Gasteiger partial charge in [0.25, 0.3) is 0 Å². The molecule has 0 saturated carbocycles. The minimum absolute atomic E-state index is 0.0126. The van der Waals surface area contributed by atoms with E-state index in [9.17, 15) is 4.79 Å². The Morgan fingerprint density at radius 3 is 2.62 bits per heavy atom. The first-order valence-corrected chi connectivity index (χ1v) is 10.3. The Labute approximate surface area is 159 Å². The second-order valence-corrected chi connectivity index (χ2v) is 8.20. The molecule has 1 fully saturated rings. The molecule has 2 aliphatic rings. The van der Waals surface area contributed by atoms with E-state index in [-0.39, 0.29) is 11.9 Å². The van der Waals surface area contributed by atoms with E-state index in [1.54, 1.807) is 18.3 Å². The second-order valence-electron chi connectivity index (χ2n) is 7.10. The van der Waals surface area contributed by atoms with Gasteiger partial charge in [-0.15, -0.1) is 11.3 Å². The van der Waals surface area contributed by atoms with Gasteiger partial charge in [0.2, 0.25) is 5.91 Å². The minimum Gasteiger partial charge on any atom is -0.379 e. The molecular formula is C21H26N2O2S. The van der Waals surface area contributed by atoms with Crippen molar-refractivity contribution in [1.82, 2.24) is 4.90 Å². The zero-order valence-corrected chi connectivity index (χ0v) is 16.1. The Balaban J connectivity index is 1.84. The summed E-state index contributed by atoms with van der Waals surface area (Å²) in [6, 6.07) is 10.9. The maximum Gasteiger partial charge on any atom is 0.221 e. The van der Waals surface area contributed by atoms with Gasteiger partial charge in [0.05, 0.1) is 19.3 Å². The van der Waals surface area contributed by atoms with Gasteiger partial charge >= 0.3 is 0 Å². The summed E-state index contributed by atoms with van der Waals surface area (Å²) in [5.41, 5.74) is 4.10. The third-order valence-electron chi connectivity index (χ3n) is 5.30. The molecular weight excluding hydrogens is 344 g/mol. The van der Waals surface area contributed by atoms with Crippen LogP contribution in [0, 0.1) is 0 Å². The number of benzene rings is 1. The van der Waals surface area contributed by atoms with E-state index in [1.165, 1.54) is 34.4 Å². The van der Waals surface area contributed by atoms with Crippen molar-refractivity contribution < 1.29 is 9.53 Å². The number of ether oxygens (including phenoxy) is 1. The van der Waals surface area contributed by atoms with E-state index in [2.05, 4.69) is 40.5 Å². The smallest absolute Gasteiger partial charge is 0.221 e. The zero-order chi connectivity index (χ0) is 17.9. The maximum atomic E-state index is 11.9. The number of fused-ring (bicyclic) bond motifs is 1. The van der Waals surface area contributed by atoms with E-state index >= 15 is 0 Å². The Kier molecular flexibility index (Phi) is 5.38. The molecule has 0 bridgehead atoms. The molecule has 0 radical (unpaired) electrons. The van der Waals surface area contributed by atoms with Crippen LogP contribution in [0.1, 0.15) is 47.4 Å². The van der Waals surface area contributed by atoms with Gasteiger partial charge in [-0.3, -0.25) is 9.69 Å². The van der Waals surface area contributed by atoms with E-state index < -0.39 is 0 Å². The number of nitrogens with zero attached hydrogens (tertiary/aromatic N) is 1. The molecule has 0 unspecified atom stereocenters. The van der Waals surface area contributed by atoms with Crippen LogP contribution in [-0.2, 0) is 22.4 Å². The summed E-state index contributed by atoms with van der Waals surface area (Å²) >= 11 is 1.79. The maximum absolute atomic E-state index is 11.9. The third kappa shape index (κ3) is 3.56. The lowest BCUT2D eigenvalue weighted by atomic mass is 9.88. The van der Waals surface area contributed by atoms with Crippen LogP contribution in [0.2, 0.25) is 0 Å². The lowest BCUT2D eigenvalue weighted by molar-refractivity contribution is -0.114. The largest absolute Gasteiger partial charge is 0.379 e. The number of anilines is 1. The van der Waals surface area contributed by atoms with Gasteiger partial charge in [-0.05, 0) is 36.8 Å².